The molecule has 2 aromatic rings. The molecule has 2 aromatic carbocycles. The second-order valence-electron chi connectivity index (χ2n) is 3.74. The second kappa shape index (κ2) is 5.11. The van der Waals surface area contributed by atoms with Gasteiger partial charge in [0.2, 0.25) is 0 Å². The molecule has 0 aliphatic carbocycles. The number of nitrogens with zero attached hydrogens (tertiary/aromatic N) is 1. The lowest BCUT2D eigenvalue weighted by Gasteiger charge is -2.12. The van der Waals surface area contributed by atoms with Crippen LogP contribution < -0.4 is 15.8 Å². The van der Waals surface area contributed by atoms with E-state index in [0.29, 0.717) is 16.9 Å². The predicted octanol–water partition coefficient (Wildman–Crippen LogP) is 2.89. The van der Waals surface area contributed by atoms with Gasteiger partial charge >= 0.3 is 0 Å². The Hall–Kier alpha value is -2.67. The Morgan fingerprint density at radius 2 is 1.94 bits per heavy atom. The first-order valence-corrected chi connectivity index (χ1v) is 5.44. The number of rotatable bonds is 3. The molecule has 3 N–H and O–H groups in total. The van der Waals surface area contributed by atoms with Crippen molar-refractivity contribution in [2.24, 2.45) is 0 Å². The van der Waals surface area contributed by atoms with Gasteiger partial charge in [-0.1, -0.05) is 12.1 Å². The van der Waals surface area contributed by atoms with Crippen molar-refractivity contribution in [2.45, 2.75) is 0 Å². The molecule has 0 heterocycles. The number of para-hydroxylation sites is 2. The fourth-order valence-electron chi connectivity index (χ4n) is 1.66. The first-order valence-electron chi connectivity index (χ1n) is 5.44. The normalized spacial score (nSPS) is 9.56. The summed E-state index contributed by atoms with van der Waals surface area (Å²) in [6, 6.07) is 14.8. The molecular weight excluding hydrogens is 226 g/mol. The highest BCUT2D eigenvalue weighted by Gasteiger charge is 2.06. The number of methoxy groups -OCH3 is 1. The quantitative estimate of drug-likeness (QED) is 0.808. The summed E-state index contributed by atoms with van der Waals surface area (Å²) < 4.78 is 5.24. The first-order chi connectivity index (χ1) is 8.74. The van der Waals surface area contributed by atoms with Crippen molar-refractivity contribution in [1.82, 2.24) is 0 Å². The van der Waals surface area contributed by atoms with Crippen LogP contribution in [0.25, 0.3) is 0 Å². The van der Waals surface area contributed by atoms with E-state index in [-0.39, 0.29) is 0 Å². The molecule has 0 saturated heterocycles. The molecule has 0 fully saturated rings. The van der Waals surface area contributed by atoms with Crippen LogP contribution in [0.5, 0.6) is 5.75 Å². The molecule has 0 unspecified atom stereocenters. The Bertz CT molecular complexity index is 602. The summed E-state index contributed by atoms with van der Waals surface area (Å²) in [6.45, 7) is 0. The Morgan fingerprint density at radius 3 is 2.67 bits per heavy atom. The summed E-state index contributed by atoms with van der Waals surface area (Å²) in [7, 11) is 1.61. The van der Waals surface area contributed by atoms with Gasteiger partial charge in [-0.05, 0) is 30.3 Å². The summed E-state index contributed by atoms with van der Waals surface area (Å²) in [5.74, 6) is 0.721. The fourth-order valence-corrected chi connectivity index (χ4v) is 1.66. The maximum absolute atomic E-state index is 9.07. The van der Waals surface area contributed by atoms with Crippen LogP contribution in [-0.2, 0) is 0 Å². The third kappa shape index (κ3) is 2.36. The number of ether oxygens (including phenoxy) is 1. The minimum Gasteiger partial charge on any atom is -0.495 e. The lowest BCUT2D eigenvalue weighted by atomic mass is 10.1. The van der Waals surface area contributed by atoms with Crippen molar-refractivity contribution >= 4 is 17.1 Å². The zero-order valence-corrected chi connectivity index (χ0v) is 9.97. The molecular formula is C14H13N3O. The third-order valence-electron chi connectivity index (χ3n) is 2.54. The van der Waals surface area contributed by atoms with Crippen molar-refractivity contribution in [3.63, 3.8) is 0 Å². The molecule has 0 saturated carbocycles. The van der Waals surface area contributed by atoms with Crippen LogP contribution in [0.3, 0.4) is 0 Å². The smallest absolute Gasteiger partial charge is 0.142 e. The van der Waals surface area contributed by atoms with Crippen molar-refractivity contribution in [3.05, 3.63) is 48.0 Å². The van der Waals surface area contributed by atoms with E-state index >= 15 is 0 Å². The average molecular weight is 239 g/mol. The van der Waals surface area contributed by atoms with Gasteiger partial charge in [-0.25, -0.2) is 0 Å². The maximum atomic E-state index is 9.07. The highest BCUT2D eigenvalue weighted by molar-refractivity contribution is 5.72. The Kier molecular flexibility index (Phi) is 3.35. The largest absolute Gasteiger partial charge is 0.495 e. The van der Waals surface area contributed by atoms with E-state index in [1.165, 1.54) is 0 Å². The SMILES string of the molecule is COc1ccccc1Nc1ccc(N)cc1C#N. The molecule has 90 valence electrons. The van der Waals surface area contributed by atoms with Crippen molar-refractivity contribution in [3.8, 4) is 11.8 Å². The van der Waals surface area contributed by atoms with Gasteiger partial charge in [0.25, 0.3) is 0 Å². The van der Waals surface area contributed by atoms with Gasteiger partial charge in [-0.15, -0.1) is 0 Å². The van der Waals surface area contributed by atoms with Crippen molar-refractivity contribution in [2.75, 3.05) is 18.2 Å². The Labute approximate surface area is 106 Å². The molecule has 0 atom stereocenters. The Balaban J connectivity index is 2.37. The summed E-state index contributed by atoms with van der Waals surface area (Å²) in [5.41, 5.74) is 8.23. The van der Waals surface area contributed by atoms with Gasteiger partial charge in [-0.3, -0.25) is 0 Å². The minimum absolute atomic E-state index is 0.501. The molecule has 0 radical (unpaired) electrons. The summed E-state index contributed by atoms with van der Waals surface area (Å²) in [4.78, 5) is 0. The molecule has 4 heteroatoms. The van der Waals surface area contributed by atoms with Gasteiger partial charge in [0.05, 0.1) is 24.0 Å². The first kappa shape index (κ1) is 11.8. The average Bonchev–Trinajstić information content (AvgIpc) is 2.41. The molecule has 0 spiro atoms. The van der Waals surface area contributed by atoms with Gasteiger partial charge in [-0.2, -0.15) is 5.26 Å². The van der Waals surface area contributed by atoms with E-state index in [2.05, 4.69) is 11.4 Å². The van der Waals surface area contributed by atoms with E-state index in [4.69, 9.17) is 15.7 Å². The van der Waals surface area contributed by atoms with Gasteiger partial charge in [0.1, 0.15) is 11.8 Å². The van der Waals surface area contributed by atoms with E-state index in [9.17, 15) is 0 Å². The summed E-state index contributed by atoms with van der Waals surface area (Å²) in [6.07, 6.45) is 0. The van der Waals surface area contributed by atoms with Crippen LogP contribution in [0, 0.1) is 11.3 Å². The van der Waals surface area contributed by atoms with Crippen LogP contribution in [0.15, 0.2) is 42.5 Å². The van der Waals surface area contributed by atoms with Crippen LogP contribution in [0.1, 0.15) is 5.56 Å². The molecule has 18 heavy (non-hydrogen) atoms. The number of nitrogen functional groups attached to an aromatic ring is 1. The molecule has 2 rings (SSSR count). The zero-order chi connectivity index (χ0) is 13.0. The second-order valence-corrected chi connectivity index (χ2v) is 3.74. The molecule has 0 bridgehead atoms. The van der Waals surface area contributed by atoms with Crippen LogP contribution in [0.2, 0.25) is 0 Å². The summed E-state index contributed by atoms with van der Waals surface area (Å²) >= 11 is 0. The van der Waals surface area contributed by atoms with Crippen molar-refractivity contribution in [1.29, 1.82) is 5.26 Å². The van der Waals surface area contributed by atoms with E-state index in [1.807, 2.05) is 24.3 Å². The third-order valence-corrected chi connectivity index (χ3v) is 2.54. The minimum atomic E-state index is 0.501. The zero-order valence-electron chi connectivity index (χ0n) is 9.97. The summed E-state index contributed by atoms with van der Waals surface area (Å²) in [5, 5.41) is 12.2. The lowest BCUT2D eigenvalue weighted by Crippen LogP contribution is -1.97. The lowest BCUT2D eigenvalue weighted by molar-refractivity contribution is 0.417. The van der Waals surface area contributed by atoms with Gasteiger partial charge < -0.3 is 15.8 Å². The number of nitrogens with two attached hydrogens (primary N) is 1. The molecule has 0 aliphatic rings. The number of benzene rings is 2. The number of anilines is 3. The van der Waals surface area contributed by atoms with Crippen LogP contribution in [0.4, 0.5) is 17.1 Å². The van der Waals surface area contributed by atoms with Crippen LogP contribution in [-0.4, -0.2) is 7.11 Å². The highest BCUT2D eigenvalue weighted by Crippen LogP contribution is 2.29. The molecule has 4 nitrogen and oxygen atoms in total. The predicted molar refractivity (Wildman–Crippen MR) is 71.8 cm³/mol. The number of nitriles is 1. The standard InChI is InChI=1S/C14H13N3O/c1-18-14-5-3-2-4-13(14)17-12-7-6-11(16)8-10(12)9-15/h2-8,17H,16H2,1H3. The van der Waals surface area contributed by atoms with Gasteiger partial charge in [0, 0.05) is 5.69 Å². The van der Waals surface area contributed by atoms with E-state index < -0.39 is 0 Å². The van der Waals surface area contributed by atoms with Gasteiger partial charge in [0.15, 0.2) is 0 Å². The fraction of sp³-hybridized carbons (Fsp3) is 0.0714. The van der Waals surface area contributed by atoms with E-state index in [1.54, 1.807) is 25.3 Å². The number of hydrogen-bond donors (Lipinski definition) is 2. The molecule has 0 aromatic heterocycles. The Morgan fingerprint density at radius 1 is 1.17 bits per heavy atom. The number of nitrogens with one attached hydrogen (secondary N) is 1. The maximum Gasteiger partial charge on any atom is 0.142 e. The van der Waals surface area contributed by atoms with Crippen LogP contribution >= 0.6 is 0 Å². The highest BCUT2D eigenvalue weighted by atomic mass is 16.5. The van der Waals surface area contributed by atoms with Crippen molar-refractivity contribution < 1.29 is 4.74 Å². The number of hydrogen-bond acceptors (Lipinski definition) is 4. The monoisotopic (exact) mass is 239 g/mol. The topological polar surface area (TPSA) is 71.1 Å². The molecule has 0 amide bonds. The van der Waals surface area contributed by atoms with E-state index in [0.717, 1.165) is 11.4 Å². The molecule has 0 aliphatic heterocycles.